The number of pyridine rings is 1. The molecule has 10 nitrogen and oxygen atoms in total. The number of carbonyl (C=O) groups is 2. The van der Waals surface area contributed by atoms with Gasteiger partial charge in [0, 0.05) is 31.0 Å². The Balaban J connectivity index is 1.22. The standard InChI is InChI=1S/C28H26F4N6O4/c29-21(9-11-37-12-10-22(15-26(37)40)34-25(39)14-19-5-2-1-3-6-19)17-38-18-24(35-36-38)27(41)33-16-20-7-4-8-23(13-20)42-28(30,31)32/h1-8,10,12-13,15,18,21H,9,11,14,16-17H2,(H,33,41)(H,34,39). The van der Waals surface area contributed by atoms with E-state index < -0.39 is 29.7 Å². The molecule has 0 bridgehead atoms. The summed E-state index contributed by atoms with van der Waals surface area (Å²) in [6.45, 7) is -0.256. The Kier molecular flexibility index (Phi) is 9.68. The van der Waals surface area contributed by atoms with Crippen LogP contribution in [0.2, 0.25) is 0 Å². The third-order valence-electron chi connectivity index (χ3n) is 5.91. The van der Waals surface area contributed by atoms with Crippen molar-refractivity contribution in [3.8, 4) is 5.75 Å². The molecule has 14 heteroatoms. The van der Waals surface area contributed by atoms with Gasteiger partial charge >= 0.3 is 6.36 Å². The van der Waals surface area contributed by atoms with Crippen LogP contribution in [-0.4, -0.2) is 43.9 Å². The lowest BCUT2D eigenvalue weighted by molar-refractivity contribution is -0.274. The zero-order valence-electron chi connectivity index (χ0n) is 22.1. The number of halogens is 4. The molecule has 0 aliphatic rings. The highest BCUT2D eigenvalue weighted by Crippen LogP contribution is 2.23. The second-order valence-electron chi connectivity index (χ2n) is 9.25. The molecule has 0 saturated heterocycles. The van der Waals surface area contributed by atoms with Crippen molar-refractivity contribution in [1.29, 1.82) is 0 Å². The molecule has 1 atom stereocenters. The van der Waals surface area contributed by atoms with Crippen LogP contribution in [0.5, 0.6) is 5.75 Å². The molecule has 220 valence electrons. The highest BCUT2D eigenvalue weighted by atomic mass is 19.4. The Morgan fingerprint density at radius 2 is 1.76 bits per heavy atom. The number of ether oxygens (including phenoxy) is 1. The summed E-state index contributed by atoms with van der Waals surface area (Å²) >= 11 is 0. The number of rotatable bonds is 12. The van der Waals surface area contributed by atoms with E-state index in [2.05, 4.69) is 25.7 Å². The zero-order chi connectivity index (χ0) is 30.1. The molecule has 0 aliphatic carbocycles. The largest absolute Gasteiger partial charge is 0.573 e. The van der Waals surface area contributed by atoms with Crippen molar-refractivity contribution in [2.45, 2.75) is 45.0 Å². The zero-order valence-corrected chi connectivity index (χ0v) is 22.1. The Morgan fingerprint density at radius 1 is 1.00 bits per heavy atom. The number of carbonyl (C=O) groups excluding carboxylic acids is 2. The average Bonchev–Trinajstić information content (AvgIpc) is 3.39. The highest BCUT2D eigenvalue weighted by molar-refractivity contribution is 5.92. The molecule has 2 amide bonds. The van der Waals surface area contributed by atoms with Crippen LogP contribution in [0.15, 0.2) is 83.9 Å². The fraction of sp³-hybridized carbons (Fsp3) is 0.250. The topological polar surface area (TPSA) is 120 Å². The van der Waals surface area contributed by atoms with E-state index in [0.717, 1.165) is 22.4 Å². The predicted molar refractivity (Wildman–Crippen MR) is 143 cm³/mol. The molecule has 42 heavy (non-hydrogen) atoms. The normalized spacial score (nSPS) is 12.0. The van der Waals surface area contributed by atoms with E-state index in [0.29, 0.717) is 11.3 Å². The molecule has 2 N–H and O–H groups in total. The van der Waals surface area contributed by atoms with Crippen molar-refractivity contribution >= 4 is 17.5 Å². The Labute approximate surface area is 236 Å². The molecule has 4 aromatic rings. The second-order valence-corrected chi connectivity index (χ2v) is 9.25. The maximum atomic E-state index is 14.6. The van der Waals surface area contributed by atoms with Gasteiger partial charge in [-0.25, -0.2) is 9.07 Å². The smallest absolute Gasteiger partial charge is 0.406 e. The van der Waals surface area contributed by atoms with Gasteiger partial charge in [-0.15, -0.1) is 18.3 Å². The Bertz CT molecular complexity index is 1570. The summed E-state index contributed by atoms with van der Waals surface area (Å²) < 4.78 is 58.2. The first kappa shape index (κ1) is 30.0. The average molecular weight is 587 g/mol. The number of aromatic nitrogens is 4. The summed E-state index contributed by atoms with van der Waals surface area (Å²) in [5.74, 6) is -1.34. The number of alkyl halides is 4. The van der Waals surface area contributed by atoms with E-state index in [9.17, 15) is 31.9 Å². The molecule has 0 spiro atoms. The predicted octanol–water partition coefficient (Wildman–Crippen LogP) is 3.88. The van der Waals surface area contributed by atoms with Gasteiger partial charge in [0.1, 0.15) is 11.9 Å². The van der Waals surface area contributed by atoms with Crippen LogP contribution in [0, 0.1) is 0 Å². The van der Waals surface area contributed by atoms with E-state index in [4.69, 9.17) is 0 Å². The molecule has 2 aromatic carbocycles. The van der Waals surface area contributed by atoms with Crippen LogP contribution in [0.25, 0.3) is 0 Å². The van der Waals surface area contributed by atoms with Gasteiger partial charge in [-0.1, -0.05) is 47.7 Å². The number of aryl methyl sites for hydroxylation is 1. The summed E-state index contributed by atoms with van der Waals surface area (Å²) in [4.78, 5) is 37.0. The molecule has 2 heterocycles. The van der Waals surface area contributed by atoms with Gasteiger partial charge < -0.3 is 19.9 Å². The lowest BCUT2D eigenvalue weighted by atomic mass is 10.1. The Hall–Kier alpha value is -5.01. The number of nitrogens with one attached hydrogen (secondary N) is 2. The summed E-state index contributed by atoms with van der Waals surface area (Å²) in [5.41, 5.74) is 1.02. The van der Waals surface area contributed by atoms with E-state index >= 15 is 0 Å². The summed E-state index contributed by atoms with van der Waals surface area (Å²) in [7, 11) is 0. The minimum Gasteiger partial charge on any atom is -0.406 e. The van der Waals surface area contributed by atoms with Crippen LogP contribution >= 0.6 is 0 Å². The number of nitrogens with zero attached hydrogens (tertiary/aromatic N) is 4. The molecular formula is C28H26F4N6O4. The van der Waals surface area contributed by atoms with E-state index in [-0.39, 0.29) is 44.1 Å². The summed E-state index contributed by atoms with van der Waals surface area (Å²) in [6.07, 6.45) is -3.42. The minimum absolute atomic E-state index is 0.0304. The van der Waals surface area contributed by atoms with Crippen LogP contribution in [0.1, 0.15) is 28.0 Å². The second kappa shape index (κ2) is 13.6. The van der Waals surface area contributed by atoms with Crippen molar-refractivity contribution in [3.05, 3.63) is 106 Å². The van der Waals surface area contributed by atoms with E-state index in [1.807, 2.05) is 30.3 Å². The number of hydrogen-bond acceptors (Lipinski definition) is 6. The maximum Gasteiger partial charge on any atom is 0.573 e. The molecule has 2 aromatic heterocycles. The molecule has 0 saturated carbocycles. The fourth-order valence-electron chi connectivity index (χ4n) is 3.95. The van der Waals surface area contributed by atoms with Gasteiger partial charge in [-0.2, -0.15) is 0 Å². The lowest BCUT2D eigenvalue weighted by Crippen LogP contribution is -2.24. The monoisotopic (exact) mass is 586 g/mol. The summed E-state index contributed by atoms with van der Waals surface area (Å²) in [5, 5.41) is 12.6. The van der Waals surface area contributed by atoms with Gasteiger partial charge in [0.15, 0.2) is 5.69 Å². The van der Waals surface area contributed by atoms with Gasteiger partial charge in [0.05, 0.1) is 19.2 Å². The third-order valence-corrected chi connectivity index (χ3v) is 5.91. The van der Waals surface area contributed by atoms with Gasteiger partial charge in [-0.3, -0.25) is 14.4 Å². The van der Waals surface area contributed by atoms with Crippen LogP contribution < -0.4 is 20.9 Å². The van der Waals surface area contributed by atoms with Crippen molar-refractivity contribution in [2.24, 2.45) is 0 Å². The van der Waals surface area contributed by atoms with Crippen LogP contribution in [0.3, 0.4) is 0 Å². The summed E-state index contributed by atoms with van der Waals surface area (Å²) in [6, 6.07) is 17.1. The maximum absolute atomic E-state index is 14.6. The van der Waals surface area contributed by atoms with E-state index in [1.54, 1.807) is 6.07 Å². The first-order chi connectivity index (χ1) is 20.0. The van der Waals surface area contributed by atoms with Crippen LogP contribution in [0.4, 0.5) is 23.2 Å². The van der Waals surface area contributed by atoms with Crippen molar-refractivity contribution in [1.82, 2.24) is 24.9 Å². The molecule has 1 unspecified atom stereocenters. The molecule has 0 fully saturated rings. The van der Waals surface area contributed by atoms with Crippen LogP contribution in [-0.2, 0) is 30.8 Å². The number of benzene rings is 2. The number of hydrogen-bond donors (Lipinski definition) is 2. The molecule has 0 radical (unpaired) electrons. The fourth-order valence-corrected chi connectivity index (χ4v) is 3.95. The highest BCUT2D eigenvalue weighted by Gasteiger charge is 2.31. The van der Waals surface area contributed by atoms with Crippen molar-refractivity contribution < 1.29 is 31.9 Å². The molecule has 4 rings (SSSR count). The number of amides is 2. The lowest BCUT2D eigenvalue weighted by Gasteiger charge is -2.11. The first-order valence-electron chi connectivity index (χ1n) is 12.8. The van der Waals surface area contributed by atoms with Crippen molar-refractivity contribution in [3.63, 3.8) is 0 Å². The molecular weight excluding hydrogens is 560 g/mol. The molecule has 0 aliphatic heterocycles. The van der Waals surface area contributed by atoms with Gasteiger partial charge in [0.25, 0.3) is 11.5 Å². The Morgan fingerprint density at radius 3 is 2.50 bits per heavy atom. The van der Waals surface area contributed by atoms with Gasteiger partial charge in [-0.05, 0) is 35.7 Å². The number of anilines is 1. The van der Waals surface area contributed by atoms with Crippen molar-refractivity contribution in [2.75, 3.05) is 5.32 Å². The van der Waals surface area contributed by atoms with E-state index in [1.165, 1.54) is 35.2 Å². The SMILES string of the molecule is O=C(Cc1ccccc1)Nc1ccn(CCC(F)Cn2cc(C(=O)NCc3cccc(OC(F)(F)F)c3)nn2)c(=O)c1. The minimum atomic E-state index is -4.84. The van der Waals surface area contributed by atoms with Gasteiger partial charge in [0.2, 0.25) is 5.91 Å². The quantitative estimate of drug-likeness (QED) is 0.243. The first-order valence-corrected chi connectivity index (χ1v) is 12.8. The third kappa shape index (κ3) is 9.28.